The number of fused-ring (bicyclic) bond motifs is 3. The highest BCUT2D eigenvalue weighted by atomic mass is 16.9. The molecule has 3 aliphatic rings. The van der Waals surface area contributed by atoms with Gasteiger partial charge in [-0.25, -0.2) is 4.79 Å². The second kappa shape index (κ2) is 9.69. The van der Waals surface area contributed by atoms with Crippen LogP contribution in [-0.2, 0) is 38.1 Å². The van der Waals surface area contributed by atoms with Gasteiger partial charge in [0.2, 0.25) is 5.91 Å². The fraction of sp³-hybridized carbons (Fsp3) is 0.870. The Kier molecular flexibility index (Phi) is 7.64. The predicted molar refractivity (Wildman–Crippen MR) is 118 cm³/mol. The summed E-state index contributed by atoms with van der Waals surface area (Å²) in [5, 5.41) is 14.8. The Morgan fingerprint density at radius 3 is 1.97 bits per heavy atom. The van der Waals surface area contributed by atoms with Gasteiger partial charge in [0.1, 0.15) is 30.4 Å². The lowest BCUT2D eigenvalue weighted by molar-refractivity contribution is -0.231. The predicted octanol–water partition coefficient (Wildman–Crippen LogP) is 1.14. The van der Waals surface area contributed by atoms with Crippen LogP contribution in [0, 0.1) is 11.8 Å². The highest BCUT2D eigenvalue weighted by molar-refractivity contribution is 5.92. The molecule has 194 valence electrons. The summed E-state index contributed by atoms with van der Waals surface area (Å²) in [6, 6.07) is -2.03. The zero-order chi connectivity index (χ0) is 25.6. The highest BCUT2D eigenvalue weighted by Gasteiger charge is 2.62. The second-order valence-corrected chi connectivity index (χ2v) is 10.8. The molecule has 34 heavy (non-hydrogen) atoms. The van der Waals surface area contributed by atoms with Crippen LogP contribution in [0.2, 0.25) is 0 Å². The molecule has 3 saturated heterocycles. The summed E-state index contributed by atoms with van der Waals surface area (Å²) < 4.78 is 29.7. The van der Waals surface area contributed by atoms with Crippen molar-refractivity contribution in [2.24, 2.45) is 11.8 Å². The Bertz CT molecular complexity index is 797. The molecule has 0 aliphatic carbocycles. The molecule has 3 heterocycles. The number of aliphatic carboxylic acids is 1. The van der Waals surface area contributed by atoms with E-state index in [0.717, 1.165) is 0 Å². The first-order chi connectivity index (χ1) is 15.6. The van der Waals surface area contributed by atoms with Gasteiger partial charge < -0.3 is 39.4 Å². The van der Waals surface area contributed by atoms with E-state index in [4.69, 9.17) is 23.7 Å². The van der Waals surface area contributed by atoms with Crippen LogP contribution in [0.1, 0.15) is 61.8 Å². The van der Waals surface area contributed by atoms with Gasteiger partial charge in [-0.2, -0.15) is 0 Å². The van der Waals surface area contributed by atoms with E-state index in [1.165, 1.54) is 0 Å². The molecular weight excluding hydrogens is 448 g/mol. The average Bonchev–Trinajstić information content (AvgIpc) is 3.17. The van der Waals surface area contributed by atoms with E-state index in [1.807, 2.05) is 13.8 Å². The lowest BCUT2D eigenvalue weighted by Crippen LogP contribution is -2.62. The molecule has 11 nitrogen and oxygen atoms in total. The van der Waals surface area contributed by atoms with E-state index in [-0.39, 0.29) is 18.3 Å². The third kappa shape index (κ3) is 5.88. The molecule has 7 atom stereocenters. The summed E-state index contributed by atoms with van der Waals surface area (Å²) in [5.41, 5.74) is 0. The third-order valence-electron chi connectivity index (χ3n) is 5.98. The minimum absolute atomic E-state index is 0.0646. The standard InChI is InChI=1S/C23H38N2O9/c1-10(2)9-12(20(28)29)24-18(26)13(11(3)4)25-19(27)16-14-15(32-22(5,6)31-14)17-21(30-16)34-23(7,8)33-17/h10-17,21H,9H2,1-8H3,(H,24,26)(H,25,27)(H,28,29)/t12-,13-,14-,15+,16+,17-,21-/m1/s1. The lowest BCUT2D eigenvalue weighted by Gasteiger charge is -2.37. The first-order valence-electron chi connectivity index (χ1n) is 11.8. The van der Waals surface area contributed by atoms with Crippen molar-refractivity contribution in [3.63, 3.8) is 0 Å². The largest absolute Gasteiger partial charge is 0.480 e. The van der Waals surface area contributed by atoms with Crippen LogP contribution in [0.3, 0.4) is 0 Å². The summed E-state index contributed by atoms with van der Waals surface area (Å²) in [5.74, 6) is -4.42. The molecule has 11 heteroatoms. The Balaban J connectivity index is 1.76. The molecule has 0 spiro atoms. The van der Waals surface area contributed by atoms with Crippen molar-refractivity contribution in [2.45, 2.75) is 116 Å². The summed E-state index contributed by atoms with van der Waals surface area (Å²) in [7, 11) is 0. The monoisotopic (exact) mass is 486 g/mol. The number of hydrogen-bond donors (Lipinski definition) is 3. The van der Waals surface area contributed by atoms with Crippen molar-refractivity contribution in [1.82, 2.24) is 10.6 Å². The van der Waals surface area contributed by atoms with Gasteiger partial charge in [0.25, 0.3) is 5.91 Å². The molecule has 2 amide bonds. The van der Waals surface area contributed by atoms with E-state index in [2.05, 4.69) is 10.6 Å². The van der Waals surface area contributed by atoms with E-state index >= 15 is 0 Å². The normalized spacial score (nSPS) is 33.2. The Morgan fingerprint density at radius 2 is 1.41 bits per heavy atom. The van der Waals surface area contributed by atoms with Crippen LogP contribution in [0.15, 0.2) is 0 Å². The molecular formula is C23H38N2O9. The zero-order valence-corrected chi connectivity index (χ0v) is 21.1. The molecule has 0 radical (unpaired) electrons. The summed E-state index contributed by atoms with van der Waals surface area (Å²) in [4.78, 5) is 37.9. The van der Waals surface area contributed by atoms with Crippen LogP contribution >= 0.6 is 0 Å². The molecule has 3 rings (SSSR count). The third-order valence-corrected chi connectivity index (χ3v) is 5.98. The van der Waals surface area contributed by atoms with E-state index in [1.54, 1.807) is 41.5 Å². The molecule has 3 N–H and O–H groups in total. The minimum atomic E-state index is -1.12. The number of nitrogens with one attached hydrogen (secondary N) is 2. The number of carbonyl (C=O) groups is 3. The van der Waals surface area contributed by atoms with Gasteiger partial charge in [0, 0.05) is 0 Å². The number of carbonyl (C=O) groups excluding carboxylic acids is 2. The molecule has 0 aromatic carbocycles. The van der Waals surface area contributed by atoms with Crippen LogP contribution in [0.5, 0.6) is 0 Å². The van der Waals surface area contributed by atoms with E-state index < -0.39 is 72.1 Å². The van der Waals surface area contributed by atoms with Gasteiger partial charge >= 0.3 is 5.97 Å². The number of ether oxygens (including phenoxy) is 5. The van der Waals surface area contributed by atoms with Gasteiger partial charge in [0.05, 0.1) is 0 Å². The maximum Gasteiger partial charge on any atom is 0.326 e. The van der Waals surface area contributed by atoms with Crippen LogP contribution < -0.4 is 10.6 Å². The minimum Gasteiger partial charge on any atom is -0.480 e. The molecule has 3 aliphatic heterocycles. The second-order valence-electron chi connectivity index (χ2n) is 10.8. The number of carboxylic acid groups (broad SMARTS) is 1. The smallest absolute Gasteiger partial charge is 0.326 e. The van der Waals surface area contributed by atoms with E-state index in [0.29, 0.717) is 0 Å². The average molecular weight is 487 g/mol. The molecule has 0 aromatic heterocycles. The Morgan fingerprint density at radius 1 is 0.853 bits per heavy atom. The number of carboxylic acids is 1. The molecule has 0 saturated carbocycles. The maximum atomic E-state index is 13.4. The number of amides is 2. The van der Waals surface area contributed by atoms with Gasteiger partial charge in [-0.15, -0.1) is 0 Å². The molecule has 3 fully saturated rings. The molecule has 0 unspecified atom stereocenters. The Hall–Kier alpha value is -1.79. The fourth-order valence-corrected chi connectivity index (χ4v) is 4.55. The van der Waals surface area contributed by atoms with Crippen LogP contribution in [0.25, 0.3) is 0 Å². The van der Waals surface area contributed by atoms with Gasteiger partial charge in [0.15, 0.2) is 24.0 Å². The van der Waals surface area contributed by atoms with Crippen LogP contribution in [-0.4, -0.2) is 77.3 Å². The fourth-order valence-electron chi connectivity index (χ4n) is 4.55. The van der Waals surface area contributed by atoms with Gasteiger partial charge in [-0.3, -0.25) is 9.59 Å². The summed E-state index contributed by atoms with van der Waals surface area (Å²) in [6.07, 6.45) is -3.67. The number of hydrogen-bond acceptors (Lipinski definition) is 8. The Labute approximate surface area is 200 Å². The van der Waals surface area contributed by atoms with Gasteiger partial charge in [-0.1, -0.05) is 27.7 Å². The lowest BCUT2D eigenvalue weighted by atomic mass is 9.96. The molecule has 0 bridgehead atoms. The first kappa shape index (κ1) is 26.8. The van der Waals surface area contributed by atoms with Crippen molar-refractivity contribution in [2.75, 3.05) is 0 Å². The number of rotatable bonds is 8. The van der Waals surface area contributed by atoms with Crippen molar-refractivity contribution in [3.8, 4) is 0 Å². The maximum absolute atomic E-state index is 13.4. The SMILES string of the molecule is CC(C)C[C@@H](NC(=O)[C@H](NC(=O)[C@H]1O[C@@H]2OC(C)(C)O[C@@H]2[C@H]2OC(C)(C)O[C@H]21)C(C)C)C(=O)O. The van der Waals surface area contributed by atoms with Crippen molar-refractivity contribution in [3.05, 3.63) is 0 Å². The zero-order valence-electron chi connectivity index (χ0n) is 21.1. The van der Waals surface area contributed by atoms with Crippen LogP contribution in [0.4, 0.5) is 0 Å². The van der Waals surface area contributed by atoms with Crippen molar-refractivity contribution >= 4 is 17.8 Å². The topological polar surface area (TPSA) is 142 Å². The summed E-state index contributed by atoms with van der Waals surface area (Å²) in [6.45, 7) is 14.2. The highest BCUT2D eigenvalue weighted by Crippen LogP contribution is 2.44. The summed E-state index contributed by atoms with van der Waals surface area (Å²) >= 11 is 0. The quantitative estimate of drug-likeness (QED) is 0.460. The van der Waals surface area contributed by atoms with Gasteiger partial charge in [-0.05, 0) is 46.0 Å². The van der Waals surface area contributed by atoms with E-state index in [9.17, 15) is 19.5 Å². The first-order valence-corrected chi connectivity index (χ1v) is 11.8. The van der Waals surface area contributed by atoms with Crippen molar-refractivity contribution < 1.29 is 43.2 Å². The molecule has 0 aromatic rings. The van der Waals surface area contributed by atoms with Crippen molar-refractivity contribution in [1.29, 1.82) is 0 Å².